The highest BCUT2D eigenvalue weighted by atomic mass is 16.5. The maximum Gasteiger partial charge on any atom is 0.205 e. The molecule has 0 aromatic heterocycles. The van der Waals surface area contributed by atoms with Crippen LogP contribution in [0.2, 0.25) is 0 Å². The second kappa shape index (κ2) is 8.42. The van der Waals surface area contributed by atoms with Gasteiger partial charge in [-0.1, -0.05) is 0 Å². The molecule has 0 bridgehead atoms. The quantitative estimate of drug-likeness (QED) is 0.711. The monoisotopic (exact) mass is 363 g/mol. The highest BCUT2D eigenvalue weighted by molar-refractivity contribution is 5.80. The zero-order chi connectivity index (χ0) is 19.3. The predicted molar refractivity (Wildman–Crippen MR) is 100 cm³/mol. The molecule has 0 aliphatic rings. The summed E-state index contributed by atoms with van der Waals surface area (Å²) in [5.41, 5.74) is 1.55. The van der Waals surface area contributed by atoms with Gasteiger partial charge < -0.3 is 33.3 Å². The van der Waals surface area contributed by atoms with Gasteiger partial charge in [-0.15, -0.1) is 0 Å². The van der Waals surface area contributed by atoms with Gasteiger partial charge >= 0.3 is 0 Å². The van der Waals surface area contributed by atoms with Crippen molar-refractivity contribution in [3.05, 3.63) is 24.3 Å². The molecular weight excluding hydrogens is 338 g/mol. The van der Waals surface area contributed by atoms with Gasteiger partial charge in [0.2, 0.25) is 11.5 Å². The fraction of sp³-hybridized carbons (Fsp3) is 0.368. The first-order valence-corrected chi connectivity index (χ1v) is 7.89. The summed E-state index contributed by atoms with van der Waals surface area (Å²) in [5.74, 6) is 3.29. The number of anilines is 2. The molecule has 26 heavy (non-hydrogen) atoms. The maximum absolute atomic E-state index is 5.58. The van der Waals surface area contributed by atoms with Gasteiger partial charge in [-0.3, -0.25) is 0 Å². The summed E-state index contributed by atoms with van der Waals surface area (Å²) in [6.45, 7) is 0. The third-order valence-corrected chi connectivity index (χ3v) is 4.09. The van der Waals surface area contributed by atoms with Crippen LogP contribution in [0.3, 0.4) is 0 Å². The van der Waals surface area contributed by atoms with E-state index in [1.165, 1.54) is 0 Å². The van der Waals surface area contributed by atoms with E-state index in [1.807, 2.05) is 36.2 Å². The van der Waals surface area contributed by atoms with E-state index in [0.717, 1.165) is 11.4 Å². The van der Waals surface area contributed by atoms with Crippen LogP contribution in [0.15, 0.2) is 24.3 Å². The van der Waals surface area contributed by atoms with Gasteiger partial charge in [0, 0.05) is 7.05 Å². The van der Waals surface area contributed by atoms with Gasteiger partial charge in [0.25, 0.3) is 0 Å². The average molecular weight is 363 g/mol. The maximum atomic E-state index is 5.58. The SMILES string of the molecule is COc1ccc(N(C)c2ccc(OC)c(OC)c2OC)c(OC)c1OC. The van der Waals surface area contributed by atoms with Crippen molar-refractivity contribution in [2.75, 3.05) is 54.6 Å². The second-order valence-electron chi connectivity index (χ2n) is 5.27. The molecule has 0 spiro atoms. The molecule has 2 aromatic carbocycles. The van der Waals surface area contributed by atoms with Crippen LogP contribution < -0.4 is 33.3 Å². The third kappa shape index (κ3) is 3.24. The number of rotatable bonds is 8. The van der Waals surface area contributed by atoms with Gasteiger partial charge in [0.05, 0.1) is 54.0 Å². The standard InChI is InChI=1S/C19H25NO6/c1-20(12-8-10-14(21-2)18(25-6)16(12)23-4)13-9-11-15(22-3)19(26-7)17(13)24-5/h8-11H,1-7H3. The minimum Gasteiger partial charge on any atom is -0.493 e. The Labute approximate surface area is 153 Å². The fourth-order valence-corrected chi connectivity index (χ4v) is 2.83. The van der Waals surface area contributed by atoms with Crippen LogP contribution in [0, 0.1) is 0 Å². The van der Waals surface area contributed by atoms with Crippen LogP contribution in [-0.2, 0) is 0 Å². The molecule has 0 fully saturated rings. The van der Waals surface area contributed by atoms with Crippen molar-refractivity contribution in [2.24, 2.45) is 0 Å². The van der Waals surface area contributed by atoms with E-state index >= 15 is 0 Å². The molecule has 0 atom stereocenters. The molecular formula is C19H25NO6. The molecule has 0 saturated heterocycles. The topological polar surface area (TPSA) is 58.6 Å². The molecule has 0 aliphatic heterocycles. The Balaban J connectivity index is 2.65. The summed E-state index contributed by atoms with van der Waals surface area (Å²) in [4.78, 5) is 1.92. The number of methoxy groups -OCH3 is 6. The minimum atomic E-state index is 0.513. The van der Waals surface area contributed by atoms with Crippen molar-refractivity contribution in [1.82, 2.24) is 0 Å². The number of hydrogen-bond donors (Lipinski definition) is 0. The van der Waals surface area contributed by atoms with Gasteiger partial charge in [0.15, 0.2) is 23.0 Å². The van der Waals surface area contributed by atoms with Crippen molar-refractivity contribution >= 4 is 11.4 Å². The van der Waals surface area contributed by atoms with Crippen molar-refractivity contribution in [3.8, 4) is 34.5 Å². The van der Waals surface area contributed by atoms with Crippen molar-refractivity contribution in [3.63, 3.8) is 0 Å². The Hall–Kier alpha value is -2.96. The van der Waals surface area contributed by atoms with E-state index in [9.17, 15) is 0 Å². The third-order valence-electron chi connectivity index (χ3n) is 4.09. The van der Waals surface area contributed by atoms with Crippen molar-refractivity contribution < 1.29 is 28.4 Å². The lowest BCUT2D eigenvalue weighted by molar-refractivity contribution is 0.323. The number of hydrogen-bond acceptors (Lipinski definition) is 7. The van der Waals surface area contributed by atoms with Crippen LogP contribution in [-0.4, -0.2) is 49.7 Å². The van der Waals surface area contributed by atoms with Crippen LogP contribution in [0.25, 0.3) is 0 Å². The molecule has 7 heteroatoms. The van der Waals surface area contributed by atoms with Gasteiger partial charge in [0.1, 0.15) is 0 Å². The number of nitrogens with zero attached hydrogens (tertiary/aromatic N) is 1. The summed E-state index contributed by atoms with van der Waals surface area (Å²) in [6, 6.07) is 7.41. The van der Waals surface area contributed by atoms with Crippen LogP contribution >= 0.6 is 0 Å². The Morgan fingerprint density at radius 2 is 0.846 bits per heavy atom. The lowest BCUT2D eigenvalue weighted by Gasteiger charge is -2.26. The fourth-order valence-electron chi connectivity index (χ4n) is 2.83. The highest BCUT2D eigenvalue weighted by Crippen LogP contribution is 2.50. The van der Waals surface area contributed by atoms with E-state index in [1.54, 1.807) is 42.7 Å². The predicted octanol–water partition coefficient (Wildman–Crippen LogP) is 3.51. The number of ether oxygens (including phenoxy) is 6. The van der Waals surface area contributed by atoms with E-state index in [-0.39, 0.29) is 0 Å². The minimum absolute atomic E-state index is 0.513. The normalized spacial score (nSPS) is 10.1. The van der Waals surface area contributed by atoms with E-state index in [4.69, 9.17) is 28.4 Å². The van der Waals surface area contributed by atoms with Crippen LogP contribution in [0.1, 0.15) is 0 Å². The molecule has 0 radical (unpaired) electrons. The van der Waals surface area contributed by atoms with Crippen LogP contribution in [0.5, 0.6) is 34.5 Å². The van der Waals surface area contributed by atoms with Gasteiger partial charge in [-0.25, -0.2) is 0 Å². The van der Waals surface area contributed by atoms with E-state index < -0.39 is 0 Å². The molecule has 0 N–H and O–H groups in total. The summed E-state index contributed by atoms with van der Waals surface area (Å²) in [5, 5.41) is 0. The number of benzene rings is 2. The Morgan fingerprint density at radius 1 is 0.500 bits per heavy atom. The van der Waals surface area contributed by atoms with E-state index in [0.29, 0.717) is 34.5 Å². The Morgan fingerprint density at radius 3 is 1.12 bits per heavy atom. The van der Waals surface area contributed by atoms with Crippen molar-refractivity contribution in [1.29, 1.82) is 0 Å². The molecule has 0 amide bonds. The lowest BCUT2D eigenvalue weighted by atomic mass is 10.2. The summed E-state index contributed by atoms with van der Waals surface area (Å²) in [7, 11) is 11.4. The average Bonchev–Trinajstić information content (AvgIpc) is 2.70. The first-order valence-electron chi connectivity index (χ1n) is 7.89. The summed E-state index contributed by atoms with van der Waals surface area (Å²) >= 11 is 0. The first-order chi connectivity index (χ1) is 12.6. The molecule has 0 heterocycles. The molecule has 7 nitrogen and oxygen atoms in total. The summed E-state index contributed by atoms with van der Waals surface area (Å²) in [6.07, 6.45) is 0. The summed E-state index contributed by atoms with van der Waals surface area (Å²) < 4.78 is 32.8. The van der Waals surface area contributed by atoms with Crippen molar-refractivity contribution in [2.45, 2.75) is 0 Å². The van der Waals surface area contributed by atoms with Gasteiger partial charge in [-0.05, 0) is 24.3 Å². The largest absolute Gasteiger partial charge is 0.493 e. The molecule has 0 aliphatic carbocycles. The molecule has 0 unspecified atom stereocenters. The first kappa shape index (κ1) is 19.4. The lowest BCUT2D eigenvalue weighted by Crippen LogP contribution is -2.13. The smallest absolute Gasteiger partial charge is 0.205 e. The van der Waals surface area contributed by atoms with E-state index in [2.05, 4.69) is 0 Å². The Kier molecular flexibility index (Phi) is 6.27. The zero-order valence-corrected chi connectivity index (χ0v) is 16.2. The Bertz CT molecular complexity index is 699. The zero-order valence-electron chi connectivity index (χ0n) is 16.2. The second-order valence-corrected chi connectivity index (χ2v) is 5.27. The highest BCUT2D eigenvalue weighted by Gasteiger charge is 2.23. The van der Waals surface area contributed by atoms with Gasteiger partial charge in [-0.2, -0.15) is 0 Å². The van der Waals surface area contributed by atoms with Crippen LogP contribution in [0.4, 0.5) is 11.4 Å². The molecule has 0 saturated carbocycles. The molecule has 2 aromatic rings. The molecule has 142 valence electrons. The molecule has 2 rings (SSSR count).